The van der Waals surface area contributed by atoms with Gasteiger partial charge in [-0.15, -0.1) is 0 Å². The second kappa shape index (κ2) is 3.33. The maximum absolute atomic E-state index is 11.2. The molecule has 1 heterocycles. The first kappa shape index (κ1) is 11.1. The van der Waals surface area contributed by atoms with Crippen LogP contribution in [-0.2, 0) is 15.4 Å². The van der Waals surface area contributed by atoms with E-state index in [2.05, 4.69) is 4.98 Å². The van der Waals surface area contributed by atoms with Crippen LogP contribution in [-0.4, -0.2) is 13.4 Å². The van der Waals surface area contributed by atoms with Gasteiger partial charge in [0.2, 0.25) is 10.0 Å². The highest BCUT2D eigenvalue weighted by Gasteiger charge is 2.24. The van der Waals surface area contributed by atoms with Crippen LogP contribution in [0.5, 0.6) is 0 Å². The number of nitrogens with zero attached hydrogens (tertiary/aromatic N) is 1. The highest BCUT2D eigenvalue weighted by molar-refractivity contribution is 7.89. The van der Waals surface area contributed by atoms with Crippen molar-refractivity contribution in [2.24, 2.45) is 5.14 Å². The summed E-state index contributed by atoms with van der Waals surface area (Å²) in [5, 5.41) is 5.09. The van der Waals surface area contributed by atoms with Crippen molar-refractivity contribution in [3.63, 3.8) is 0 Å². The van der Waals surface area contributed by atoms with Crippen molar-refractivity contribution in [3.8, 4) is 0 Å². The van der Waals surface area contributed by atoms with E-state index in [0.717, 1.165) is 0 Å². The number of nitrogens with two attached hydrogens (primary N) is 1. The van der Waals surface area contributed by atoms with Crippen molar-refractivity contribution >= 4 is 10.0 Å². The van der Waals surface area contributed by atoms with Crippen molar-refractivity contribution in [1.82, 2.24) is 4.98 Å². The summed E-state index contributed by atoms with van der Waals surface area (Å²) >= 11 is 0. The predicted molar refractivity (Wildman–Crippen MR) is 54.3 cm³/mol. The zero-order valence-electron chi connectivity index (χ0n) is 8.48. The van der Waals surface area contributed by atoms with E-state index in [9.17, 15) is 8.42 Å². The Kier molecular flexibility index (Phi) is 2.65. The van der Waals surface area contributed by atoms with Crippen molar-refractivity contribution < 1.29 is 8.42 Å². The molecule has 0 saturated heterocycles. The molecule has 4 nitrogen and oxygen atoms in total. The molecule has 0 aliphatic carbocycles. The molecule has 0 aliphatic heterocycles. The van der Waals surface area contributed by atoms with E-state index >= 15 is 0 Å². The molecule has 5 heteroatoms. The summed E-state index contributed by atoms with van der Waals surface area (Å²) in [7, 11) is -3.68. The standard InChI is InChI=1S/C9H14N2O2S/c1-9(2,3)8-7(14(10,12)13)5-4-6-11-8/h4-6H,1-3H3,(H2,10,12,13). The van der Waals surface area contributed by atoms with Gasteiger partial charge in [0, 0.05) is 11.6 Å². The van der Waals surface area contributed by atoms with Gasteiger partial charge in [0.15, 0.2) is 0 Å². The third-order valence-corrected chi connectivity index (χ3v) is 2.73. The SMILES string of the molecule is CC(C)(C)c1ncccc1S(N)(=O)=O. The molecule has 0 aromatic carbocycles. The van der Waals surface area contributed by atoms with Gasteiger partial charge >= 0.3 is 0 Å². The van der Waals surface area contributed by atoms with Gasteiger partial charge in [-0.1, -0.05) is 20.8 Å². The minimum absolute atomic E-state index is 0.104. The van der Waals surface area contributed by atoms with E-state index in [-0.39, 0.29) is 10.3 Å². The summed E-state index contributed by atoms with van der Waals surface area (Å²) in [5.74, 6) is 0. The van der Waals surface area contributed by atoms with Gasteiger partial charge in [0.25, 0.3) is 0 Å². The maximum Gasteiger partial charge on any atom is 0.239 e. The molecule has 0 spiro atoms. The van der Waals surface area contributed by atoms with Crippen molar-refractivity contribution in [1.29, 1.82) is 0 Å². The highest BCUT2D eigenvalue weighted by atomic mass is 32.2. The number of sulfonamides is 1. The maximum atomic E-state index is 11.2. The smallest absolute Gasteiger partial charge is 0.239 e. The Labute approximate surface area is 84.2 Å². The fraction of sp³-hybridized carbons (Fsp3) is 0.444. The average molecular weight is 214 g/mol. The highest BCUT2D eigenvalue weighted by Crippen LogP contribution is 2.25. The fourth-order valence-corrected chi connectivity index (χ4v) is 2.08. The van der Waals surface area contributed by atoms with Gasteiger partial charge in [-0.3, -0.25) is 4.98 Å². The van der Waals surface area contributed by atoms with Crippen LogP contribution < -0.4 is 5.14 Å². The molecule has 0 radical (unpaired) electrons. The van der Waals surface area contributed by atoms with Gasteiger partial charge in [-0.25, -0.2) is 13.6 Å². The number of aromatic nitrogens is 1. The molecule has 0 amide bonds. The summed E-state index contributed by atoms with van der Waals surface area (Å²) in [6.07, 6.45) is 1.56. The van der Waals surface area contributed by atoms with Crippen molar-refractivity contribution in [2.75, 3.05) is 0 Å². The molecule has 0 bridgehead atoms. The van der Waals surface area contributed by atoms with Crippen LogP contribution in [0.4, 0.5) is 0 Å². The molecule has 78 valence electrons. The van der Waals surface area contributed by atoms with Crippen LogP contribution in [0.1, 0.15) is 26.5 Å². The molecule has 2 N–H and O–H groups in total. The Hall–Kier alpha value is -0.940. The molecular weight excluding hydrogens is 200 g/mol. The first-order valence-electron chi connectivity index (χ1n) is 4.21. The lowest BCUT2D eigenvalue weighted by Gasteiger charge is -2.19. The lowest BCUT2D eigenvalue weighted by atomic mass is 9.92. The summed E-state index contributed by atoms with van der Waals surface area (Å²) in [4.78, 5) is 4.16. The number of hydrogen-bond donors (Lipinski definition) is 1. The van der Waals surface area contributed by atoms with Gasteiger partial charge in [0.05, 0.1) is 5.69 Å². The number of rotatable bonds is 1. The van der Waals surface area contributed by atoms with Crippen LogP contribution >= 0.6 is 0 Å². The molecule has 0 fully saturated rings. The predicted octanol–water partition coefficient (Wildman–Crippen LogP) is 1.03. The first-order valence-corrected chi connectivity index (χ1v) is 5.76. The second-order valence-corrected chi connectivity index (χ2v) is 5.67. The molecule has 1 rings (SSSR count). The molecule has 1 aromatic heterocycles. The number of primary sulfonamides is 1. The molecule has 1 aromatic rings. The zero-order chi connectivity index (χ0) is 11.0. The van der Waals surface area contributed by atoms with Crippen LogP contribution in [0.2, 0.25) is 0 Å². The van der Waals surface area contributed by atoms with Crippen molar-refractivity contribution in [2.45, 2.75) is 31.1 Å². The first-order chi connectivity index (χ1) is 6.23. The van der Waals surface area contributed by atoms with E-state index in [1.807, 2.05) is 20.8 Å². The molecule has 0 saturated carbocycles. The third kappa shape index (κ3) is 2.30. The van der Waals surface area contributed by atoms with Crippen LogP contribution in [0.25, 0.3) is 0 Å². The van der Waals surface area contributed by atoms with E-state index in [0.29, 0.717) is 5.69 Å². The van der Waals surface area contributed by atoms with Gasteiger partial charge in [0.1, 0.15) is 4.90 Å². The summed E-state index contributed by atoms with van der Waals surface area (Å²) in [5.41, 5.74) is 0.172. The Morgan fingerprint density at radius 2 is 1.93 bits per heavy atom. The number of pyridine rings is 1. The Morgan fingerprint density at radius 1 is 1.36 bits per heavy atom. The van der Waals surface area contributed by atoms with E-state index in [1.165, 1.54) is 6.07 Å². The Bertz CT molecular complexity index is 432. The monoisotopic (exact) mass is 214 g/mol. The minimum Gasteiger partial charge on any atom is -0.259 e. The second-order valence-electron chi connectivity index (χ2n) is 4.15. The minimum atomic E-state index is -3.68. The van der Waals surface area contributed by atoms with E-state index in [4.69, 9.17) is 5.14 Å². The normalized spacial score (nSPS) is 12.9. The van der Waals surface area contributed by atoms with Gasteiger partial charge < -0.3 is 0 Å². The van der Waals surface area contributed by atoms with Crippen molar-refractivity contribution in [3.05, 3.63) is 24.0 Å². The van der Waals surface area contributed by atoms with E-state index in [1.54, 1.807) is 12.3 Å². The molecule has 14 heavy (non-hydrogen) atoms. The summed E-state index contributed by atoms with van der Waals surface area (Å²) < 4.78 is 22.5. The lowest BCUT2D eigenvalue weighted by Crippen LogP contribution is -2.22. The lowest BCUT2D eigenvalue weighted by molar-refractivity contribution is 0.543. The van der Waals surface area contributed by atoms with Gasteiger partial charge in [-0.2, -0.15) is 0 Å². The zero-order valence-corrected chi connectivity index (χ0v) is 9.30. The van der Waals surface area contributed by atoms with Gasteiger partial charge in [-0.05, 0) is 12.1 Å². The molecular formula is C9H14N2O2S. The van der Waals surface area contributed by atoms with Crippen LogP contribution in [0, 0.1) is 0 Å². The third-order valence-electron chi connectivity index (χ3n) is 1.79. The largest absolute Gasteiger partial charge is 0.259 e. The van der Waals surface area contributed by atoms with E-state index < -0.39 is 10.0 Å². The summed E-state index contributed by atoms with van der Waals surface area (Å²) in [6.45, 7) is 5.68. The number of hydrogen-bond acceptors (Lipinski definition) is 3. The van der Waals surface area contributed by atoms with Crippen LogP contribution in [0.3, 0.4) is 0 Å². The topological polar surface area (TPSA) is 73.0 Å². The molecule has 0 atom stereocenters. The van der Waals surface area contributed by atoms with Crippen LogP contribution in [0.15, 0.2) is 23.2 Å². The molecule has 0 aliphatic rings. The Balaban J connectivity index is 3.47. The molecule has 0 unspecified atom stereocenters. The average Bonchev–Trinajstić information content (AvgIpc) is 2.01. The fourth-order valence-electron chi connectivity index (χ4n) is 1.18. The quantitative estimate of drug-likeness (QED) is 0.758. The Morgan fingerprint density at radius 3 is 2.29 bits per heavy atom. The summed E-state index contributed by atoms with van der Waals surface area (Å²) in [6, 6.07) is 3.04.